The van der Waals surface area contributed by atoms with Crippen LogP contribution in [0.1, 0.15) is 25.3 Å². The van der Waals surface area contributed by atoms with Crippen LogP contribution in [0.25, 0.3) is 10.9 Å². The van der Waals surface area contributed by atoms with Crippen molar-refractivity contribution in [1.29, 1.82) is 0 Å². The molecule has 2 aromatic rings. The number of fused-ring (bicyclic) bond motifs is 1. The first-order valence-corrected chi connectivity index (χ1v) is 10.1. The van der Waals surface area contributed by atoms with Crippen LogP contribution in [-0.4, -0.2) is 66.0 Å². The van der Waals surface area contributed by atoms with E-state index in [1.54, 1.807) is 6.20 Å². The van der Waals surface area contributed by atoms with Crippen LogP contribution in [0.4, 0.5) is 18.9 Å². The normalized spacial score (nSPS) is 19.7. The van der Waals surface area contributed by atoms with Crippen molar-refractivity contribution in [3.05, 3.63) is 36.0 Å². The van der Waals surface area contributed by atoms with Gasteiger partial charge in [-0.25, -0.2) is 0 Å². The molecular weight excluding hydrogens is 381 g/mol. The highest BCUT2D eigenvalue weighted by Crippen LogP contribution is 2.33. The molecule has 2 saturated heterocycles. The van der Waals surface area contributed by atoms with Gasteiger partial charge in [-0.1, -0.05) is 6.07 Å². The maximum Gasteiger partial charge on any atom is 0.416 e. The molecule has 2 aliphatic rings. The van der Waals surface area contributed by atoms with Crippen molar-refractivity contribution in [2.75, 3.05) is 44.2 Å². The number of hydrogen-bond acceptors (Lipinski definition) is 4. The van der Waals surface area contributed by atoms with Gasteiger partial charge in [0.15, 0.2) is 0 Å². The zero-order valence-corrected chi connectivity index (χ0v) is 16.5. The van der Waals surface area contributed by atoms with E-state index in [0.29, 0.717) is 5.52 Å². The van der Waals surface area contributed by atoms with Crippen molar-refractivity contribution < 1.29 is 18.0 Å². The van der Waals surface area contributed by atoms with Crippen molar-refractivity contribution >= 4 is 22.5 Å². The van der Waals surface area contributed by atoms with Crippen molar-refractivity contribution in [2.45, 2.75) is 32.0 Å². The predicted molar refractivity (Wildman–Crippen MR) is 106 cm³/mol. The summed E-state index contributed by atoms with van der Waals surface area (Å²) in [6.45, 7) is 6.60. The Bertz CT molecular complexity index is 887. The van der Waals surface area contributed by atoms with Gasteiger partial charge in [0.25, 0.3) is 0 Å². The maximum absolute atomic E-state index is 13.0. The maximum atomic E-state index is 13.0. The summed E-state index contributed by atoms with van der Waals surface area (Å²) in [5.41, 5.74) is 0.549. The zero-order chi connectivity index (χ0) is 20.6. The summed E-state index contributed by atoms with van der Waals surface area (Å²) >= 11 is 0. The predicted octanol–water partition coefficient (Wildman–Crippen LogP) is 3.39. The van der Waals surface area contributed by atoms with Crippen LogP contribution in [0.3, 0.4) is 0 Å². The van der Waals surface area contributed by atoms with Crippen LogP contribution in [0.15, 0.2) is 30.5 Å². The summed E-state index contributed by atoms with van der Waals surface area (Å²) in [4.78, 5) is 23.1. The van der Waals surface area contributed by atoms with Crippen molar-refractivity contribution in [3.8, 4) is 0 Å². The number of alkyl halides is 3. The fraction of sp³-hybridized carbons (Fsp3) is 0.524. The third-order valence-corrected chi connectivity index (χ3v) is 6.02. The van der Waals surface area contributed by atoms with Gasteiger partial charge in [-0.15, -0.1) is 0 Å². The number of likely N-dealkylation sites (tertiary alicyclic amines) is 1. The highest BCUT2D eigenvalue weighted by atomic mass is 19.4. The molecule has 1 aromatic heterocycles. The molecule has 2 fully saturated rings. The quantitative estimate of drug-likeness (QED) is 0.784. The number of piperazine rings is 1. The molecule has 3 heterocycles. The number of aromatic nitrogens is 1. The summed E-state index contributed by atoms with van der Waals surface area (Å²) in [7, 11) is 0. The Kier molecular flexibility index (Phi) is 5.38. The number of rotatable bonds is 3. The monoisotopic (exact) mass is 406 g/mol. The molecule has 1 atom stereocenters. The van der Waals surface area contributed by atoms with E-state index in [9.17, 15) is 18.0 Å². The molecular formula is C21H25F3N4O. The number of nitrogens with zero attached hydrogens (tertiary/aromatic N) is 4. The Morgan fingerprint density at radius 3 is 2.38 bits per heavy atom. The second-order valence-electron chi connectivity index (χ2n) is 7.79. The van der Waals surface area contributed by atoms with Gasteiger partial charge in [0.2, 0.25) is 5.91 Å². The topological polar surface area (TPSA) is 39.7 Å². The first-order chi connectivity index (χ1) is 13.8. The van der Waals surface area contributed by atoms with E-state index in [0.717, 1.165) is 75.3 Å². The summed E-state index contributed by atoms with van der Waals surface area (Å²) in [5, 5.41) is 0.718. The number of carbonyl (C=O) groups is 1. The van der Waals surface area contributed by atoms with Crippen LogP contribution < -0.4 is 4.90 Å². The molecule has 8 heteroatoms. The number of benzene rings is 1. The lowest BCUT2D eigenvalue weighted by Gasteiger charge is -2.39. The summed E-state index contributed by atoms with van der Waals surface area (Å²) in [6.07, 6.45) is -0.659. The SMILES string of the molecule is CC(C(=O)N1CCCC1)N1CCN(c2ccnc3cc(C(F)(F)F)ccc23)CC1. The molecule has 156 valence electrons. The Balaban J connectivity index is 1.47. The smallest absolute Gasteiger partial charge is 0.368 e. The molecule has 1 unspecified atom stereocenters. The highest BCUT2D eigenvalue weighted by molar-refractivity contribution is 5.92. The van der Waals surface area contributed by atoms with Gasteiger partial charge in [-0.05, 0) is 38.0 Å². The lowest BCUT2D eigenvalue weighted by Crippen LogP contribution is -2.54. The van der Waals surface area contributed by atoms with Gasteiger partial charge in [0.1, 0.15) is 0 Å². The number of anilines is 1. The molecule has 0 bridgehead atoms. The Morgan fingerprint density at radius 2 is 1.72 bits per heavy atom. The second-order valence-corrected chi connectivity index (χ2v) is 7.79. The molecule has 1 aromatic carbocycles. The van der Waals surface area contributed by atoms with Crippen LogP contribution in [0.5, 0.6) is 0 Å². The lowest BCUT2D eigenvalue weighted by atomic mass is 10.1. The molecule has 0 N–H and O–H groups in total. The number of halogens is 3. The molecule has 4 rings (SSSR count). The summed E-state index contributed by atoms with van der Waals surface area (Å²) < 4.78 is 39.0. The first-order valence-electron chi connectivity index (χ1n) is 10.1. The molecule has 0 saturated carbocycles. The second kappa shape index (κ2) is 7.82. The van der Waals surface area contributed by atoms with E-state index in [1.165, 1.54) is 6.07 Å². The molecule has 1 amide bonds. The molecule has 0 radical (unpaired) electrons. The van der Waals surface area contributed by atoms with E-state index in [1.807, 2.05) is 17.9 Å². The molecule has 2 aliphatic heterocycles. The van der Waals surface area contributed by atoms with Gasteiger partial charge >= 0.3 is 6.18 Å². The van der Waals surface area contributed by atoms with Crippen LogP contribution in [0.2, 0.25) is 0 Å². The Labute approximate surface area is 168 Å². The van der Waals surface area contributed by atoms with Gasteiger partial charge in [0, 0.05) is 56.5 Å². The first kappa shape index (κ1) is 19.9. The standard InChI is InChI=1S/C21H25F3N4O/c1-15(20(29)28-8-2-3-9-28)26-10-12-27(13-11-26)19-6-7-25-18-14-16(21(22,23)24)4-5-17(18)19/h4-7,14-15H,2-3,8-13H2,1H3. The number of pyridine rings is 1. The van der Waals surface area contributed by atoms with Crippen LogP contribution in [0, 0.1) is 0 Å². The number of carbonyl (C=O) groups excluding carboxylic acids is 1. The molecule has 0 spiro atoms. The van der Waals surface area contributed by atoms with E-state index in [-0.39, 0.29) is 11.9 Å². The highest BCUT2D eigenvalue weighted by Gasteiger charge is 2.32. The van der Waals surface area contributed by atoms with Crippen LogP contribution >= 0.6 is 0 Å². The average molecular weight is 406 g/mol. The van der Waals surface area contributed by atoms with Crippen molar-refractivity contribution in [1.82, 2.24) is 14.8 Å². The summed E-state index contributed by atoms with van der Waals surface area (Å²) in [6, 6.07) is 5.43. The lowest BCUT2D eigenvalue weighted by molar-refractivity contribution is -0.137. The van der Waals surface area contributed by atoms with Crippen molar-refractivity contribution in [3.63, 3.8) is 0 Å². The van der Waals surface area contributed by atoms with Gasteiger partial charge < -0.3 is 9.80 Å². The number of amides is 1. The average Bonchev–Trinajstić information content (AvgIpc) is 3.26. The van der Waals surface area contributed by atoms with E-state index < -0.39 is 11.7 Å². The van der Waals surface area contributed by atoms with E-state index in [4.69, 9.17) is 0 Å². The molecule has 0 aliphatic carbocycles. The van der Waals surface area contributed by atoms with E-state index in [2.05, 4.69) is 14.8 Å². The molecule has 5 nitrogen and oxygen atoms in total. The zero-order valence-electron chi connectivity index (χ0n) is 16.5. The molecule has 29 heavy (non-hydrogen) atoms. The van der Waals surface area contributed by atoms with Gasteiger partial charge in [-0.2, -0.15) is 13.2 Å². The van der Waals surface area contributed by atoms with E-state index >= 15 is 0 Å². The number of hydrogen-bond donors (Lipinski definition) is 0. The largest absolute Gasteiger partial charge is 0.416 e. The van der Waals surface area contributed by atoms with Crippen molar-refractivity contribution in [2.24, 2.45) is 0 Å². The van der Waals surface area contributed by atoms with Gasteiger partial charge in [0.05, 0.1) is 17.1 Å². The fourth-order valence-corrected chi connectivity index (χ4v) is 4.29. The Hall–Kier alpha value is -2.35. The minimum Gasteiger partial charge on any atom is -0.368 e. The fourth-order valence-electron chi connectivity index (χ4n) is 4.29. The van der Waals surface area contributed by atoms with Gasteiger partial charge in [-0.3, -0.25) is 14.7 Å². The van der Waals surface area contributed by atoms with Crippen LogP contribution in [-0.2, 0) is 11.0 Å². The minimum absolute atomic E-state index is 0.140. The third-order valence-electron chi connectivity index (χ3n) is 6.02. The minimum atomic E-state index is -4.38. The summed E-state index contributed by atoms with van der Waals surface area (Å²) in [5.74, 6) is 0.199. The third kappa shape index (κ3) is 4.03. The Morgan fingerprint density at radius 1 is 1.03 bits per heavy atom.